The van der Waals surface area contributed by atoms with Crippen molar-refractivity contribution in [2.45, 2.75) is 46.0 Å². The second-order valence-electron chi connectivity index (χ2n) is 9.22. The molecule has 1 unspecified atom stereocenters. The molecule has 4 rings (SSSR count). The minimum absolute atomic E-state index is 0.174. The van der Waals surface area contributed by atoms with Gasteiger partial charge in [-0.15, -0.1) is 0 Å². The summed E-state index contributed by atoms with van der Waals surface area (Å²) in [5.74, 6) is 2.20. The highest BCUT2D eigenvalue weighted by Gasteiger charge is 2.22. The normalized spacial score (nSPS) is 21.2. The van der Waals surface area contributed by atoms with E-state index in [1.807, 2.05) is 49.4 Å². The Hall–Kier alpha value is -3.39. The van der Waals surface area contributed by atoms with Crippen molar-refractivity contribution in [3.05, 3.63) is 60.0 Å². The summed E-state index contributed by atoms with van der Waals surface area (Å²) in [5, 5.41) is 12.4. The zero-order valence-electron chi connectivity index (χ0n) is 20.5. The maximum Gasteiger partial charge on any atom is 0.255 e. The smallest absolute Gasteiger partial charge is 0.255 e. The third-order valence-corrected chi connectivity index (χ3v) is 6.45. The van der Waals surface area contributed by atoms with Crippen LogP contribution in [0.3, 0.4) is 0 Å². The van der Waals surface area contributed by atoms with Gasteiger partial charge in [-0.2, -0.15) is 15.0 Å². The van der Waals surface area contributed by atoms with Gasteiger partial charge < -0.3 is 15.3 Å². The topological polar surface area (TPSA) is 104 Å². The number of carbonyl (C=O) groups excluding carboxylic acids is 1. The van der Waals surface area contributed by atoms with Gasteiger partial charge in [0, 0.05) is 43.1 Å². The molecular formula is C27H34N6O2. The fourth-order valence-electron chi connectivity index (χ4n) is 4.18. The highest BCUT2D eigenvalue weighted by Crippen LogP contribution is 2.23. The fourth-order valence-corrected chi connectivity index (χ4v) is 4.18. The van der Waals surface area contributed by atoms with E-state index in [9.17, 15) is 9.90 Å². The minimum atomic E-state index is -0.174. The van der Waals surface area contributed by atoms with Gasteiger partial charge in [0.25, 0.3) is 11.9 Å². The Bertz CT molecular complexity index is 1100. The van der Waals surface area contributed by atoms with Crippen molar-refractivity contribution in [3.8, 4) is 0 Å². The molecule has 0 bridgehead atoms. The number of benzene rings is 1. The van der Waals surface area contributed by atoms with E-state index in [4.69, 9.17) is 4.99 Å². The van der Waals surface area contributed by atoms with E-state index in [2.05, 4.69) is 38.2 Å². The SMILES string of the molecule is CCc1nc(N=C2C=C(C(=O)Nc3ccccc3)/C=C\C(C)CC2)nc(N2CCC(CO)CC2)n1. The van der Waals surface area contributed by atoms with Crippen molar-refractivity contribution in [3.63, 3.8) is 0 Å². The third kappa shape index (κ3) is 6.82. The summed E-state index contributed by atoms with van der Waals surface area (Å²) in [6.45, 7) is 5.99. The van der Waals surface area contributed by atoms with E-state index in [1.54, 1.807) is 0 Å². The van der Waals surface area contributed by atoms with Crippen molar-refractivity contribution < 1.29 is 9.90 Å². The summed E-state index contributed by atoms with van der Waals surface area (Å²) in [5.41, 5.74) is 2.08. The van der Waals surface area contributed by atoms with Crippen molar-refractivity contribution in [2.24, 2.45) is 16.8 Å². The number of hydrogen-bond acceptors (Lipinski definition) is 7. The number of anilines is 2. The Morgan fingerprint density at radius 2 is 1.91 bits per heavy atom. The number of aliphatic hydroxyl groups excluding tert-OH is 1. The van der Waals surface area contributed by atoms with Gasteiger partial charge in [-0.25, -0.2) is 4.99 Å². The largest absolute Gasteiger partial charge is 0.396 e. The molecule has 8 nitrogen and oxygen atoms in total. The second-order valence-corrected chi connectivity index (χ2v) is 9.22. The van der Waals surface area contributed by atoms with Crippen LogP contribution in [-0.2, 0) is 11.2 Å². The standard InChI is InChI=1S/C27H34N6O2/c1-3-24-30-26(32-27(31-24)33-15-13-20(18-34)14-16-33)29-23-12-10-19(2)9-11-21(17-23)25(35)28-22-7-5-4-6-8-22/h4-9,11,17,19-20,34H,3,10,12-16,18H2,1-2H3,(H,28,35)/b11-9-,21-17?,29-23?. The quantitative estimate of drug-likeness (QED) is 0.648. The zero-order valence-corrected chi connectivity index (χ0v) is 20.5. The summed E-state index contributed by atoms with van der Waals surface area (Å²) in [6.07, 6.45) is 9.94. The lowest BCUT2D eigenvalue weighted by atomic mass is 9.97. The number of rotatable bonds is 6. The summed E-state index contributed by atoms with van der Waals surface area (Å²) < 4.78 is 0. The number of hydrogen-bond donors (Lipinski definition) is 2. The molecule has 1 saturated heterocycles. The molecule has 8 heteroatoms. The molecule has 1 fully saturated rings. The molecule has 1 aromatic carbocycles. The van der Waals surface area contributed by atoms with Gasteiger partial charge in [0.05, 0.1) is 0 Å². The van der Waals surface area contributed by atoms with Gasteiger partial charge in [0.15, 0.2) is 0 Å². The first kappa shape index (κ1) is 24.7. The Morgan fingerprint density at radius 1 is 1.14 bits per heavy atom. The first-order chi connectivity index (χ1) is 17.0. The average Bonchev–Trinajstić information content (AvgIpc) is 2.88. The van der Waals surface area contributed by atoms with Crippen LogP contribution in [0.1, 0.15) is 45.4 Å². The number of aromatic nitrogens is 3. The minimum Gasteiger partial charge on any atom is -0.396 e. The molecule has 2 heterocycles. The first-order valence-corrected chi connectivity index (χ1v) is 12.5. The summed E-state index contributed by atoms with van der Waals surface area (Å²) in [4.78, 5) is 33.8. The maximum absolute atomic E-state index is 13.0. The fraction of sp³-hybridized carbons (Fsp3) is 0.444. The van der Waals surface area contributed by atoms with E-state index in [-0.39, 0.29) is 12.5 Å². The van der Waals surface area contributed by atoms with Crippen LogP contribution in [0.5, 0.6) is 0 Å². The third-order valence-electron chi connectivity index (χ3n) is 6.45. The van der Waals surface area contributed by atoms with E-state index in [1.165, 1.54) is 0 Å². The molecule has 2 aromatic rings. The monoisotopic (exact) mass is 474 g/mol. The molecule has 2 aliphatic rings. The molecule has 1 amide bonds. The van der Waals surface area contributed by atoms with Crippen LogP contribution < -0.4 is 10.2 Å². The van der Waals surface area contributed by atoms with Gasteiger partial charge in [0.2, 0.25) is 5.95 Å². The lowest BCUT2D eigenvalue weighted by molar-refractivity contribution is -0.112. The zero-order chi connectivity index (χ0) is 24.6. The van der Waals surface area contributed by atoms with Crippen LogP contribution in [0.15, 0.2) is 59.1 Å². The van der Waals surface area contributed by atoms with Crippen LogP contribution in [0.25, 0.3) is 0 Å². The van der Waals surface area contributed by atoms with Crippen LogP contribution in [0.2, 0.25) is 0 Å². The number of nitrogens with zero attached hydrogens (tertiary/aromatic N) is 5. The lowest BCUT2D eigenvalue weighted by Gasteiger charge is -2.31. The van der Waals surface area contributed by atoms with Crippen LogP contribution >= 0.6 is 0 Å². The number of para-hydroxylation sites is 1. The van der Waals surface area contributed by atoms with Gasteiger partial charge in [0.1, 0.15) is 5.82 Å². The van der Waals surface area contributed by atoms with E-state index in [0.29, 0.717) is 41.6 Å². The number of aryl methyl sites for hydroxylation is 1. The summed E-state index contributed by atoms with van der Waals surface area (Å²) in [6, 6.07) is 9.43. The van der Waals surface area contributed by atoms with Crippen LogP contribution in [0, 0.1) is 11.8 Å². The molecule has 0 radical (unpaired) electrons. The van der Waals surface area contributed by atoms with E-state index in [0.717, 1.165) is 50.2 Å². The Labute approximate surface area is 206 Å². The molecule has 0 saturated carbocycles. The molecule has 35 heavy (non-hydrogen) atoms. The molecule has 1 aliphatic carbocycles. The number of carbonyl (C=O) groups is 1. The van der Waals surface area contributed by atoms with Gasteiger partial charge in [-0.05, 0) is 55.7 Å². The first-order valence-electron chi connectivity index (χ1n) is 12.5. The van der Waals surface area contributed by atoms with E-state index >= 15 is 0 Å². The summed E-state index contributed by atoms with van der Waals surface area (Å²) in [7, 11) is 0. The second kappa shape index (κ2) is 11.8. The maximum atomic E-state index is 13.0. The molecule has 1 aliphatic heterocycles. The van der Waals surface area contributed by atoms with Crippen LogP contribution in [-0.4, -0.2) is 51.4 Å². The predicted molar refractivity (Wildman–Crippen MR) is 139 cm³/mol. The number of allylic oxidation sites excluding steroid dienone is 2. The number of nitrogens with one attached hydrogen (secondary N) is 1. The van der Waals surface area contributed by atoms with E-state index < -0.39 is 0 Å². The number of aliphatic hydroxyl groups is 1. The Kier molecular flexibility index (Phi) is 8.36. The van der Waals surface area contributed by atoms with Gasteiger partial charge in [-0.1, -0.05) is 44.2 Å². The van der Waals surface area contributed by atoms with Crippen LogP contribution in [0.4, 0.5) is 17.6 Å². The molecular weight excluding hydrogens is 440 g/mol. The lowest BCUT2D eigenvalue weighted by Crippen LogP contribution is -2.36. The molecule has 184 valence electrons. The van der Waals surface area contributed by atoms with Gasteiger partial charge in [-0.3, -0.25) is 4.79 Å². The highest BCUT2D eigenvalue weighted by atomic mass is 16.3. The summed E-state index contributed by atoms with van der Waals surface area (Å²) >= 11 is 0. The van der Waals surface area contributed by atoms with Crippen molar-refractivity contribution in [1.29, 1.82) is 0 Å². The molecule has 1 aromatic heterocycles. The Morgan fingerprint density at radius 3 is 2.63 bits per heavy atom. The highest BCUT2D eigenvalue weighted by molar-refractivity contribution is 6.11. The molecule has 1 atom stereocenters. The van der Waals surface area contributed by atoms with Crippen molar-refractivity contribution in [2.75, 3.05) is 29.9 Å². The number of amides is 1. The van der Waals surface area contributed by atoms with Crippen molar-refractivity contribution in [1.82, 2.24) is 15.0 Å². The molecule has 2 N–H and O–H groups in total. The predicted octanol–water partition coefficient (Wildman–Crippen LogP) is 4.27. The number of piperidine rings is 1. The van der Waals surface area contributed by atoms with Crippen molar-refractivity contribution >= 4 is 29.2 Å². The number of aliphatic imine (C=N–C) groups is 1. The van der Waals surface area contributed by atoms with Gasteiger partial charge >= 0.3 is 0 Å². The average molecular weight is 475 g/mol. The Balaban J connectivity index is 1.61. The molecule has 0 spiro atoms.